The number of benzene rings is 1. The standard InChI is InChI=1S/C11H11NO4/c1-6(11(13)14)15-8-3-4-9-10(5-8)16-7(2)12-9/h3-6H,1-2H3,(H,13,14). The van der Waals surface area contributed by atoms with E-state index in [1.165, 1.54) is 6.92 Å². The Bertz CT molecular complexity index is 532. The summed E-state index contributed by atoms with van der Waals surface area (Å²) in [5.74, 6) is 0.0193. The van der Waals surface area contributed by atoms with E-state index in [0.717, 1.165) is 5.52 Å². The second-order valence-corrected chi connectivity index (χ2v) is 3.46. The molecule has 0 saturated carbocycles. The van der Waals surface area contributed by atoms with E-state index in [4.69, 9.17) is 14.3 Å². The van der Waals surface area contributed by atoms with Crippen LogP contribution in [0.3, 0.4) is 0 Å². The topological polar surface area (TPSA) is 72.6 Å². The summed E-state index contributed by atoms with van der Waals surface area (Å²) in [7, 11) is 0. The van der Waals surface area contributed by atoms with Gasteiger partial charge in [-0.2, -0.15) is 0 Å². The maximum absolute atomic E-state index is 10.6. The minimum absolute atomic E-state index is 0.457. The highest BCUT2D eigenvalue weighted by atomic mass is 16.5. The van der Waals surface area contributed by atoms with E-state index in [9.17, 15) is 4.79 Å². The van der Waals surface area contributed by atoms with Crippen LogP contribution in [0.1, 0.15) is 12.8 Å². The molecule has 0 bridgehead atoms. The van der Waals surface area contributed by atoms with Crippen molar-refractivity contribution in [1.82, 2.24) is 4.98 Å². The van der Waals surface area contributed by atoms with Crippen LogP contribution in [0.2, 0.25) is 0 Å². The molecule has 0 saturated heterocycles. The van der Waals surface area contributed by atoms with Gasteiger partial charge in [-0.05, 0) is 19.1 Å². The zero-order valence-corrected chi connectivity index (χ0v) is 8.93. The van der Waals surface area contributed by atoms with Crippen molar-refractivity contribution < 1.29 is 19.1 Å². The van der Waals surface area contributed by atoms with E-state index < -0.39 is 12.1 Å². The van der Waals surface area contributed by atoms with Crippen molar-refractivity contribution in [3.63, 3.8) is 0 Å². The maximum atomic E-state index is 10.6. The van der Waals surface area contributed by atoms with Crippen molar-refractivity contribution in [3.05, 3.63) is 24.1 Å². The molecule has 1 aromatic carbocycles. The molecule has 1 aromatic heterocycles. The molecule has 1 unspecified atom stereocenters. The number of aryl methyl sites for hydroxylation is 1. The molecule has 1 atom stereocenters. The number of hydrogen-bond acceptors (Lipinski definition) is 4. The summed E-state index contributed by atoms with van der Waals surface area (Å²) in [6.07, 6.45) is -0.888. The van der Waals surface area contributed by atoms with Crippen molar-refractivity contribution in [2.45, 2.75) is 20.0 Å². The third-order valence-corrected chi connectivity index (χ3v) is 2.13. The number of carboxylic acid groups (broad SMARTS) is 1. The number of ether oxygens (including phenoxy) is 1. The van der Waals surface area contributed by atoms with Crippen LogP contribution in [-0.4, -0.2) is 22.2 Å². The minimum atomic E-state index is -1.01. The van der Waals surface area contributed by atoms with Gasteiger partial charge in [0, 0.05) is 13.0 Å². The Morgan fingerprint density at radius 3 is 3.00 bits per heavy atom. The van der Waals surface area contributed by atoms with E-state index >= 15 is 0 Å². The summed E-state index contributed by atoms with van der Waals surface area (Å²) in [5.41, 5.74) is 1.32. The van der Waals surface area contributed by atoms with E-state index in [0.29, 0.717) is 17.2 Å². The molecule has 0 aliphatic heterocycles. The lowest BCUT2D eigenvalue weighted by Gasteiger charge is -2.09. The second-order valence-electron chi connectivity index (χ2n) is 3.46. The van der Waals surface area contributed by atoms with Crippen LogP contribution in [0.25, 0.3) is 11.1 Å². The molecule has 0 fully saturated rings. The highest BCUT2D eigenvalue weighted by Gasteiger charge is 2.13. The molecule has 0 aliphatic rings. The first-order valence-electron chi connectivity index (χ1n) is 4.83. The summed E-state index contributed by atoms with van der Waals surface area (Å²) in [4.78, 5) is 14.7. The molecule has 0 spiro atoms. The molecule has 0 aliphatic carbocycles. The van der Waals surface area contributed by atoms with Crippen LogP contribution >= 0.6 is 0 Å². The van der Waals surface area contributed by atoms with Crippen LogP contribution in [0.5, 0.6) is 5.75 Å². The third-order valence-electron chi connectivity index (χ3n) is 2.13. The third kappa shape index (κ3) is 1.98. The molecule has 5 heteroatoms. The number of nitrogens with zero attached hydrogens (tertiary/aromatic N) is 1. The fraction of sp³-hybridized carbons (Fsp3) is 0.273. The van der Waals surface area contributed by atoms with Gasteiger partial charge in [-0.15, -0.1) is 0 Å². The number of fused-ring (bicyclic) bond motifs is 1. The van der Waals surface area contributed by atoms with Gasteiger partial charge < -0.3 is 14.3 Å². The number of aliphatic carboxylic acids is 1. The number of aromatic nitrogens is 1. The molecule has 1 heterocycles. The first-order valence-corrected chi connectivity index (χ1v) is 4.83. The van der Waals surface area contributed by atoms with Crippen LogP contribution < -0.4 is 4.74 Å². The lowest BCUT2D eigenvalue weighted by molar-refractivity contribution is -0.144. The molecule has 2 rings (SSSR count). The lowest BCUT2D eigenvalue weighted by Crippen LogP contribution is -2.22. The van der Waals surface area contributed by atoms with Gasteiger partial charge in [-0.1, -0.05) is 0 Å². The quantitative estimate of drug-likeness (QED) is 0.857. The van der Waals surface area contributed by atoms with Crippen molar-refractivity contribution in [2.24, 2.45) is 0 Å². The highest BCUT2D eigenvalue weighted by molar-refractivity contribution is 5.75. The van der Waals surface area contributed by atoms with Gasteiger partial charge in [-0.3, -0.25) is 0 Å². The van der Waals surface area contributed by atoms with Crippen molar-refractivity contribution in [2.75, 3.05) is 0 Å². The molecule has 84 valence electrons. The van der Waals surface area contributed by atoms with Gasteiger partial charge in [0.2, 0.25) is 0 Å². The van der Waals surface area contributed by atoms with Crippen LogP contribution in [0.4, 0.5) is 0 Å². The number of rotatable bonds is 3. The van der Waals surface area contributed by atoms with Crippen LogP contribution in [0, 0.1) is 6.92 Å². The van der Waals surface area contributed by atoms with Gasteiger partial charge in [-0.25, -0.2) is 9.78 Å². The first-order chi connectivity index (χ1) is 7.56. The maximum Gasteiger partial charge on any atom is 0.344 e. The fourth-order valence-corrected chi connectivity index (χ4v) is 1.35. The summed E-state index contributed by atoms with van der Waals surface area (Å²) >= 11 is 0. The Morgan fingerprint density at radius 2 is 2.31 bits per heavy atom. The fourth-order valence-electron chi connectivity index (χ4n) is 1.35. The van der Waals surface area contributed by atoms with E-state index in [1.54, 1.807) is 25.1 Å². The molecule has 2 aromatic rings. The van der Waals surface area contributed by atoms with Crippen molar-refractivity contribution in [1.29, 1.82) is 0 Å². The Balaban J connectivity index is 2.28. The van der Waals surface area contributed by atoms with Gasteiger partial charge in [0.05, 0.1) is 0 Å². The lowest BCUT2D eigenvalue weighted by atomic mass is 10.3. The Morgan fingerprint density at radius 1 is 1.56 bits per heavy atom. The zero-order valence-electron chi connectivity index (χ0n) is 8.93. The minimum Gasteiger partial charge on any atom is -0.479 e. The highest BCUT2D eigenvalue weighted by Crippen LogP contribution is 2.22. The Labute approximate surface area is 91.7 Å². The van der Waals surface area contributed by atoms with Crippen molar-refractivity contribution in [3.8, 4) is 5.75 Å². The normalized spacial score (nSPS) is 12.6. The van der Waals surface area contributed by atoms with Crippen LogP contribution in [0.15, 0.2) is 22.6 Å². The second kappa shape index (κ2) is 3.84. The molecule has 0 radical (unpaired) electrons. The molecular formula is C11H11NO4. The largest absolute Gasteiger partial charge is 0.479 e. The Kier molecular flexibility index (Phi) is 2.52. The van der Waals surface area contributed by atoms with E-state index in [1.807, 2.05) is 0 Å². The summed E-state index contributed by atoms with van der Waals surface area (Å²) in [6, 6.07) is 5.04. The van der Waals surface area contributed by atoms with Gasteiger partial charge in [0.25, 0.3) is 0 Å². The smallest absolute Gasteiger partial charge is 0.344 e. The number of carbonyl (C=O) groups is 1. The SMILES string of the molecule is Cc1nc2ccc(OC(C)C(=O)O)cc2o1. The van der Waals surface area contributed by atoms with Crippen LogP contribution in [-0.2, 0) is 4.79 Å². The molecule has 16 heavy (non-hydrogen) atoms. The van der Waals surface area contributed by atoms with Gasteiger partial charge >= 0.3 is 5.97 Å². The summed E-state index contributed by atoms with van der Waals surface area (Å²) in [6.45, 7) is 3.22. The number of carboxylic acids is 1. The molecule has 1 N–H and O–H groups in total. The predicted molar refractivity (Wildman–Crippen MR) is 56.5 cm³/mol. The van der Waals surface area contributed by atoms with E-state index in [-0.39, 0.29) is 0 Å². The van der Waals surface area contributed by atoms with Gasteiger partial charge in [0.15, 0.2) is 17.6 Å². The Hall–Kier alpha value is -2.04. The molecular weight excluding hydrogens is 210 g/mol. The first kappa shape index (κ1) is 10.5. The summed E-state index contributed by atoms with van der Waals surface area (Å²) < 4.78 is 10.5. The van der Waals surface area contributed by atoms with E-state index in [2.05, 4.69) is 4.98 Å². The zero-order chi connectivity index (χ0) is 11.7. The molecule has 5 nitrogen and oxygen atoms in total. The average molecular weight is 221 g/mol. The summed E-state index contributed by atoms with van der Waals surface area (Å²) in [5, 5.41) is 8.70. The number of oxazole rings is 1. The monoisotopic (exact) mass is 221 g/mol. The van der Waals surface area contributed by atoms with Gasteiger partial charge in [0.1, 0.15) is 11.3 Å². The van der Waals surface area contributed by atoms with Crippen molar-refractivity contribution >= 4 is 17.1 Å². The average Bonchev–Trinajstić information content (AvgIpc) is 2.57. The number of hydrogen-bond donors (Lipinski definition) is 1. The predicted octanol–water partition coefficient (Wildman–Crippen LogP) is 1.99. The molecule has 0 amide bonds.